The monoisotopic (exact) mass is 239 g/mol. The Morgan fingerprint density at radius 1 is 1.41 bits per heavy atom. The molecule has 0 spiro atoms. The topological polar surface area (TPSA) is 57.0 Å². The minimum atomic E-state index is -0.400. The van der Waals surface area contributed by atoms with E-state index in [4.69, 9.17) is 4.74 Å². The Balaban J connectivity index is 3.05. The lowest BCUT2D eigenvalue weighted by Gasteiger charge is -2.13. The van der Waals surface area contributed by atoms with E-state index in [1.807, 2.05) is 4.68 Å². The normalized spacial score (nSPS) is 12.5. The Bertz CT molecular complexity index is 374. The average molecular weight is 239 g/mol. The van der Waals surface area contributed by atoms with E-state index >= 15 is 0 Å². The van der Waals surface area contributed by atoms with Gasteiger partial charge in [0.05, 0.1) is 18.8 Å². The number of ether oxygens (including phenoxy) is 1. The summed E-state index contributed by atoms with van der Waals surface area (Å²) in [6.07, 6.45) is 3.86. The molecule has 96 valence electrons. The SMILES string of the molecule is CCCc1c(C(=O)OC)nnn1C(C)CCC. The number of aromatic nitrogens is 3. The van der Waals surface area contributed by atoms with Crippen LogP contribution in [0.5, 0.6) is 0 Å². The Morgan fingerprint density at radius 3 is 2.65 bits per heavy atom. The van der Waals surface area contributed by atoms with E-state index in [1.165, 1.54) is 7.11 Å². The highest BCUT2D eigenvalue weighted by Gasteiger charge is 2.21. The fourth-order valence-electron chi connectivity index (χ4n) is 1.93. The Labute approximate surface area is 102 Å². The van der Waals surface area contributed by atoms with Crippen molar-refractivity contribution in [3.63, 3.8) is 0 Å². The summed E-state index contributed by atoms with van der Waals surface area (Å²) in [5.41, 5.74) is 1.25. The van der Waals surface area contributed by atoms with E-state index in [1.54, 1.807) is 0 Å². The van der Waals surface area contributed by atoms with Gasteiger partial charge in [-0.3, -0.25) is 0 Å². The average Bonchev–Trinajstić information content (AvgIpc) is 2.73. The summed E-state index contributed by atoms with van der Waals surface area (Å²) in [7, 11) is 1.37. The molecule has 5 nitrogen and oxygen atoms in total. The van der Waals surface area contributed by atoms with Gasteiger partial charge in [0.25, 0.3) is 0 Å². The van der Waals surface area contributed by atoms with Crippen molar-refractivity contribution in [2.45, 2.75) is 52.5 Å². The van der Waals surface area contributed by atoms with Gasteiger partial charge in [-0.1, -0.05) is 31.9 Å². The van der Waals surface area contributed by atoms with Crippen LogP contribution < -0.4 is 0 Å². The van der Waals surface area contributed by atoms with Crippen molar-refractivity contribution in [1.29, 1.82) is 0 Å². The van der Waals surface area contributed by atoms with Gasteiger partial charge in [0.2, 0.25) is 0 Å². The van der Waals surface area contributed by atoms with E-state index < -0.39 is 5.97 Å². The highest BCUT2D eigenvalue weighted by atomic mass is 16.5. The summed E-state index contributed by atoms with van der Waals surface area (Å²) in [6, 6.07) is 0.271. The van der Waals surface area contributed by atoms with E-state index in [-0.39, 0.29) is 6.04 Å². The number of esters is 1. The van der Waals surface area contributed by atoms with Crippen molar-refractivity contribution in [3.05, 3.63) is 11.4 Å². The predicted molar refractivity (Wildman–Crippen MR) is 65.0 cm³/mol. The summed E-state index contributed by atoms with van der Waals surface area (Å²) >= 11 is 0. The number of hydrogen-bond donors (Lipinski definition) is 0. The third-order valence-corrected chi connectivity index (χ3v) is 2.78. The van der Waals surface area contributed by atoms with Gasteiger partial charge in [-0.05, 0) is 19.8 Å². The first-order chi connectivity index (χ1) is 8.15. The minimum absolute atomic E-state index is 0.271. The third-order valence-electron chi connectivity index (χ3n) is 2.78. The zero-order chi connectivity index (χ0) is 12.8. The molecule has 17 heavy (non-hydrogen) atoms. The maximum absolute atomic E-state index is 11.6. The van der Waals surface area contributed by atoms with E-state index in [0.29, 0.717) is 5.69 Å². The molecule has 0 aliphatic carbocycles. The molecule has 0 aromatic carbocycles. The van der Waals surface area contributed by atoms with Crippen molar-refractivity contribution in [1.82, 2.24) is 15.0 Å². The Kier molecular flexibility index (Phi) is 5.12. The standard InChI is InChI=1S/C12H21N3O2/c1-5-7-9(3)15-10(8-6-2)11(13-14-15)12(16)17-4/h9H,5-8H2,1-4H3. The van der Waals surface area contributed by atoms with E-state index in [0.717, 1.165) is 31.4 Å². The van der Waals surface area contributed by atoms with Crippen molar-refractivity contribution < 1.29 is 9.53 Å². The highest BCUT2D eigenvalue weighted by molar-refractivity contribution is 5.88. The molecule has 1 aromatic rings. The first-order valence-electron chi connectivity index (χ1n) is 6.18. The second-order valence-corrected chi connectivity index (χ2v) is 4.21. The van der Waals surface area contributed by atoms with Gasteiger partial charge < -0.3 is 4.74 Å². The zero-order valence-corrected chi connectivity index (χ0v) is 11.1. The molecule has 0 N–H and O–H groups in total. The number of rotatable bonds is 6. The zero-order valence-electron chi connectivity index (χ0n) is 11.1. The molecular formula is C12H21N3O2. The molecule has 0 bridgehead atoms. The summed E-state index contributed by atoms with van der Waals surface area (Å²) in [5, 5.41) is 8.04. The van der Waals surface area contributed by atoms with Crippen LogP contribution in [-0.2, 0) is 11.2 Å². The summed E-state index contributed by atoms with van der Waals surface area (Å²) < 4.78 is 6.58. The summed E-state index contributed by atoms with van der Waals surface area (Å²) in [4.78, 5) is 11.6. The number of methoxy groups -OCH3 is 1. The fourth-order valence-corrected chi connectivity index (χ4v) is 1.93. The van der Waals surface area contributed by atoms with Gasteiger partial charge in [0, 0.05) is 0 Å². The van der Waals surface area contributed by atoms with Gasteiger partial charge in [-0.25, -0.2) is 9.48 Å². The molecule has 1 unspecified atom stereocenters. The first-order valence-corrected chi connectivity index (χ1v) is 6.18. The van der Waals surface area contributed by atoms with Gasteiger partial charge in [0.1, 0.15) is 0 Å². The molecule has 0 aliphatic heterocycles. The second kappa shape index (κ2) is 6.37. The van der Waals surface area contributed by atoms with Crippen molar-refractivity contribution in [2.75, 3.05) is 7.11 Å². The van der Waals surface area contributed by atoms with Crippen LogP contribution in [0.1, 0.15) is 62.3 Å². The lowest BCUT2D eigenvalue weighted by atomic mass is 10.1. The van der Waals surface area contributed by atoms with E-state index in [2.05, 4.69) is 31.1 Å². The molecule has 0 radical (unpaired) electrons. The van der Waals surface area contributed by atoms with Crippen LogP contribution in [0.15, 0.2) is 0 Å². The molecule has 0 saturated carbocycles. The minimum Gasteiger partial charge on any atom is -0.464 e. The van der Waals surface area contributed by atoms with Crippen molar-refractivity contribution in [3.8, 4) is 0 Å². The molecule has 1 aromatic heterocycles. The van der Waals surface area contributed by atoms with Crippen LogP contribution in [0.25, 0.3) is 0 Å². The number of carbonyl (C=O) groups is 1. The van der Waals surface area contributed by atoms with Crippen LogP contribution in [0.2, 0.25) is 0 Å². The maximum atomic E-state index is 11.6. The first kappa shape index (κ1) is 13.7. The fraction of sp³-hybridized carbons (Fsp3) is 0.750. The Hall–Kier alpha value is -1.39. The molecule has 1 heterocycles. The van der Waals surface area contributed by atoms with Crippen LogP contribution in [-0.4, -0.2) is 28.1 Å². The third kappa shape index (κ3) is 3.05. The summed E-state index contributed by atoms with van der Waals surface area (Å²) in [6.45, 7) is 6.30. The summed E-state index contributed by atoms with van der Waals surface area (Å²) in [5.74, 6) is -0.400. The molecule has 0 aliphatic rings. The smallest absolute Gasteiger partial charge is 0.360 e. The molecular weight excluding hydrogens is 218 g/mol. The van der Waals surface area contributed by atoms with E-state index in [9.17, 15) is 4.79 Å². The number of nitrogens with zero attached hydrogens (tertiary/aromatic N) is 3. The molecule has 0 fully saturated rings. The predicted octanol–water partition coefficient (Wildman–Crippen LogP) is 2.38. The molecule has 1 atom stereocenters. The van der Waals surface area contributed by atoms with Crippen molar-refractivity contribution >= 4 is 5.97 Å². The molecule has 0 amide bonds. The lowest BCUT2D eigenvalue weighted by molar-refractivity contribution is 0.0592. The van der Waals surface area contributed by atoms with Crippen LogP contribution in [0, 0.1) is 0 Å². The quantitative estimate of drug-likeness (QED) is 0.715. The largest absolute Gasteiger partial charge is 0.464 e. The molecule has 0 saturated heterocycles. The highest BCUT2D eigenvalue weighted by Crippen LogP contribution is 2.18. The van der Waals surface area contributed by atoms with Gasteiger partial charge in [-0.2, -0.15) is 0 Å². The van der Waals surface area contributed by atoms with Gasteiger partial charge >= 0.3 is 5.97 Å². The Morgan fingerprint density at radius 2 is 2.12 bits per heavy atom. The van der Waals surface area contributed by atoms with Crippen molar-refractivity contribution in [2.24, 2.45) is 0 Å². The molecule has 5 heteroatoms. The van der Waals surface area contributed by atoms with Gasteiger partial charge in [0.15, 0.2) is 5.69 Å². The number of carbonyl (C=O) groups excluding carboxylic acids is 1. The second-order valence-electron chi connectivity index (χ2n) is 4.21. The van der Waals surface area contributed by atoms with Crippen LogP contribution >= 0.6 is 0 Å². The maximum Gasteiger partial charge on any atom is 0.360 e. The molecule has 1 rings (SSSR count). The van der Waals surface area contributed by atoms with Gasteiger partial charge in [-0.15, -0.1) is 5.10 Å². The number of hydrogen-bond acceptors (Lipinski definition) is 4. The van der Waals surface area contributed by atoms with Crippen LogP contribution in [0.3, 0.4) is 0 Å². The van der Waals surface area contributed by atoms with Crippen LogP contribution in [0.4, 0.5) is 0 Å². The lowest BCUT2D eigenvalue weighted by Crippen LogP contribution is -2.13.